The van der Waals surface area contributed by atoms with Crippen LogP contribution in [0.2, 0.25) is 0 Å². The van der Waals surface area contributed by atoms with Crippen LogP contribution in [0.5, 0.6) is 5.75 Å². The van der Waals surface area contributed by atoms with Crippen LogP contribution in [0.3, 0.4) is 0 Å². The first-order chi connectivity index (χ1) is 19.7. The van der Waals surface area contributed by atoms with Crippen molar-refractivity contribution in [3.05, 3.63) is 93.7 Å². The first kappa shape index (κ1) is 29.7. The van der Waals surface area contributed by atoms with E-state index in [0.717, 1.165) is 17.8 Å². The van der Waals surface area contributed by atoms with E-state index in [1.54, 1.807) is 12.1 Å². The summed E-state index contributed by atoms with van der Waals surface area (Å²) in [5.41, 5.74) is 0.865. The molecule has 9 nitrogen and oxygen atoms in total. The third-order valence-electron chi connectivity index (χ3n) is 7.23. The third kappa shape index (κ3) is 7.91. The number of aromatic amines is 1. The minimum absolute atomic E-state index is 0.00116. The van der Waals surface area contributed by atoms with Crippen LogP contribution in [0, 0.1) is 11.7 Å². The minimum atomic E-state index is -1.06. The van der Waals surface area contributed by atoms with Crippen molar-refractivity contribution >= 4 is 17.7 Å². The Morgan fingerprint density at radius 3 is 2.54 bits per heavy atom. The Morgan fingerprint density at radius 2 is 1.83 bits per heavy atom. The maximum absolute atomic E-state index is 13.9. The number of aromatic nitrogens is 1. The van der Waals surface area contributed by atoms with Crippen molar-refractivity contribution in [1.29, 1.82) is 0 Å². The number of alkyl halides is 1. The number of amides is 2. The molecule has 1 aromatic heterocycles. The van der Waals surface area contributed by atoms with Crippen molar-refractivity contribution in [3.8, 4) is 5.75 Å². The number of pyridine rings is 1. The summed E-state index contributed by atoms with van der Waals surface area (Å²) in [5, 5.41) is 15.8. The molecule has 11 heteroatoms. The van der Waals surface area contributed by atoms with Gasteiger partial charge in [0.1, 0.15) is 30.4 Å². The van der Waals surface area contributed by atoms with Crippen LogP contribution in [0.15, 0.2) is 65.6 Å². The predicted molar refractivity (Wildman–Crippen MR) is 148 cm³/mol. The molecule has 1 aliphatic rings. The number of ether oxygens (including phenoxy) is 2. The highest BCUT2D eigenvalue weighted by Gasteiger charge is 2.34. The monoisotopic (exact) mass is 569 g/mol. The maximum atomic E-state index is 13.9. The molecule has 1 unspecified atom stereocenters. The zero-order chi connectivity index (χ0) is 29.4. The lowest BCUT2D eigenvalue weighted by Crippen LogP contribution is -2.49. The molecule has 2 aromatic carbocycles. The Kier molecular flexibility index (Phi) is 10.1. The molecule has 0 spiro atoms. The van der Waals surface area contributed by atoms with Crippen molar-refractivity contribution < 1.29 is 33.0 Å². The third-order valence-corrected chi connectivity index (χ3v) is 7.23. The maximum Gasteiger partial charge on any atom is 0.408 e. The standard InChI is InChI=1S/C30H33F2N3O6/c1-40-17-24(23-14-22(32)15-33-28(23)37)20-9-12-26(36)25(13-20)34-29(38)27(19-7-10-21(31)11-8-19)35-30(39)41-16-18-5-3-2-4-6-18/h2-6,9,12-15,19,21,24,27,36H,7-8,10-11,16-17H2,1H3,(H,33,37)(H,34,38)(H,35,39)/t19?,21?,24?,27-/m0/s1. The highest BCUT2D eigenvalue weighted by molar-refractivity contribution is 5.98. The quantitative estimate of drug-likeness (QED) is 0.261. The number of nitrogens with one attached hydrogen (secondary N) is 3. The smallest absolute Gasteiger partial charge is 0.408 e. The summed E-state index contributed by atoms with van der Waals surface area (Å²) in [5.74, 6) is -2.59. The van der Waals surface area contributed by atoms with Gasteiger partial charge < -0.3 is 30.2 Å². The highest BCUT2D eigenvalue weighted by Crippen LogP contribution is 2.33. The molecule has 1 fully saturated rings. The summed E-state index contributed by atoms with van der Waals surface area (Å²) >= 11 is 0. The Labute approximate surface area is 235 Å². The average Bonchev–Trinajstić information content (AvgIpc) is 2.97. The Bertz CT molecular complexity index is 1390. The summed E-state index contributed by atoms with van der Waals surface area (Å²) in [7, 11) is 1.43. The van der Waals surface area contributed by atoms with E-state index in [1.807, 2.05) is 18.2 Å². The number of hydrogen-bond donors (Lipinski definition) is 4. The highest BCUT2D eigenvalue weighted by atomic mass is 19.1. The second kappa shape index (κ2) is 13.9. The summed E-state index contributed by atoms with van der Waals surface area (Å²) in [6.07, 6.45) is 0.454. The molecular formula is C30H33F2N3O6. The van der Waals surface area contributed by atoms with E-state index >= 15 is 0 Å². The lowest BCUT2D eigenvalue weighted by molar-refractivity contribution is -0.119. The van der Waals surface area contributed by atoms with E-state index in [9.17, 15) is 28.3 Å². The molecule has 4 rings (SSSR count). The van der Waals surface area contributed by atoms with Crippen LogP contribution in [-0.4, -0.2) is 48.0 Å². The van der Waals surface area contributed by atoms with Gasteiger partial charge in [-0.1, -0.05) is 36.4 Å². The molecule has 1 heterocycles. The topological polar surface area (TPSA) is 130 Å². The normalized spacial score (nSPS) is 18.2. The number of halogens is 2. The van der Waals surface area contributed by atoms with Gasteiger partial charge in [0.05, 0.1) is 12.3 Å². The SMILES string of the molecule is COCC(c1ccc(O)c(NC(=O)[C@@H](NC(=O)OCc2ccccc2)C2CCC(F)CC2)c1)c1cc(F)c[nH]c1=O. The van der Waals surface area contributed by atoms with Crippen LogP contribution >= 0.6 is 0 Å². The molecule has 0 aliphatic heterocycles. The Hall–Kier alpha value is -4.25. The first-order valence-corrected chi connectivity index (χ1v) is 13.4. The molecule has 0 saturated heterocycles. The van der Waals surface area contributed by atoms with E-state index in [1.165, 1.54) is 25.3 Å². The summed E-state index contributed by atoms with van der Waals surface area (Å²) in [4.78, 5) is 41.0. The second-order valence-corrected chi connectivity index (χ2v) is 10.1. The molecule has 4 N–H and O–H groups in total. The molecular weight excluding hydrogens is 536 g/mol. The molecule has 0 bridgehead atoms. The number of aromatic hydroxyl groups is 1. The van der Waals surface area contributed by atoms with Gasteiger partial charge in [-0.05, 0) is 60.9 Å². The van der Waals surface area contributed by atoms with Gasteiger partial charge >= 0.3 is 6.09 Å². The van der Waals surface area contributed by atoms with Gasteiger partial charge in [-0.2, -0.15) is 0 Å². The first-order valence-electron chi connectivity index (χ1n) is 13.4. The van der Waals surface area contributed by atoms with Crippen LogP contribution < -0.4 is 16.2 Å². The van der Waals surface area contributed by atoms with Crippen molar-refractivity contribution in [1.82, 2.24) is 10.3 Å². The van der Waals surface area contributed by atoms with Crippen molar-refractivity contribution in [2.75, 3.05) is 19.0 Å². The van der Waals surface area contributed by atoms with Gasteiger partial charge in [-0.25, -0.2) is 13.6 Å². The fourth-order valence-electron chi connectivity index (χ4n) is 5.05. The summed E-state index contributed by atoms with van der Waals surface area (Å²) in [6, 6.07) is 13.4. The fraction of sp³-hybridized carbons (Fsp3) is 0.367. The van der Waals surface area contributed by atoms with Crippen molar-refractivity contribution in [2.45, 2.75) is 50.4 Å². The molecule has 3 aromatic rings. The number of anilines is 1. The predicted octanol–water partition coefficient (Wildman–Crippen LogP) is 4.76. The Balaban J connectivity index is 1.55. The Morgan fingerprint density at radius 1 is 1.10 bits per heavy atom. The molecule has 2 amide bonds. The number of alkyl carbamates (subject to hydrolysis) is 1. The number of phenols is 1. The van der Waals surface area contributed by atoms with Crippen LogP contribution in [0.4, 0.5) is 19.3 Å². The molecule has 2 atom stereocenters. The lowest BCUT2D eigenvalue weighted by Gasteiger charge is -2.31. The van der Waals surface area contributed by atoms with Crippen molar-refractivity contribution in [2.24, 2.45) is 5.92 Å². The number of H-pyrrole nitrogens is 1. The van der Waals surface area contributed by atoms with Gasteiger partial charge in [0.15, 0.2) is 0 Å². The van der Waals surface area contributed by atoms with E-state index in [0.29, 0.717) is 18.4 Å². The van der Waals surface area contributed by atoms with Gasteiger partial charge in [0, 0.05) is 24.8 Å². The van der Waals surface area contributed by atoms with E-state index in [2.05, 4.69) is 15.6 Å². The second-order valence-electron chi connectivity index (χ2n) is 10.1. The molecule has 1 saturated carbocycles. The zero-order valence-electron chi connectivity index (χ0n) is 22.6. The molecule has 0 radical (unpaired) electrons. The van der Waals surface area contributed by atoms with Crippen LogP contribution in [-0.2, 0) is 20.9 Å². The summed E-state index contributed by atoms with van der Waals surface area (Å²) < 4.78 is 38.4. The molecule has 41 heavy (non-hydrogen) atoms. The van der Waals surface area contributed by atoms with Crippen molar-refractivity contribution in [3.63, 3.8) is 0 Å². The number of carbonyl (C=O) groups excluding carboxylic acids is 2. The van der Waals surface area contributed by atoms with Crippen LogP contribution in [0.25, 0.3) is 0 Å². The van der Waals surface area contributed by atoms with E-state index < -0.39 is 41.5 Å². The number of benzene rings is 2. The number of methoxy groups -OCH3 is 1. The minimum Gasteiger partial charge on any atom is -0.506 e. The number of carbonyl (C=O) groups is 2. The molecule has 1 aliphatic carbocycles. The molecule has 218 valence electrons. The zero-order valence-corrected chi connectivity index (χ0v) is 22.6. The van der Waals surface area contributed by atoms with Crippen LogP contribution in [0.1, 0.15) is 48.3 Å². The van der Waals surface area contributed by atoms with Gasteiger partial charge in [-0.3, -0.25) is 9.59 Å². The van der Waals surface area contributed by atoms with E-state index in [4.69, 9.17) is 9.47 Å². The van der Waals surface area contributed by atoms with Gasteiger partial charge in [-0.15, -0.1) is 0 Å². The number of phenolic OH excluding ortho intramolecular Hbond substituents is 1. The van der Waals surface area contributed by atoms with E-state index in [-0.39, 0.29) is 49.0 Å². The largest absolute Gasteiger partial charge is 0.506 e. The number of rotatable bonds is 10. The van der Waals surface area contributed by atoms with Gasteiger partial charge in [0.2, 0.25) is 5.91 Å². The average molecular weight is 570 g/mol. The van der Waals surface area contributed by atoms with Gasteiger partial charge in [0.25, 0.3) is 5.56 Å². The lowest BCUT2D eigenvalue weighted by atomic mass is 9.82. The fourth-order valence-corrected chi connectivity index (χ4v) is 5.05. The number of hydrogen-bond acceptors (Lipinski definition) is 6. The summed E-state index contributed by atoms with van der Waals surface area (Å²) in [6.45, 7) is 0.0236.